The molecule has 1 aromatic heterocycles. The molecule has 1 aromatic carbocycles. The lowest BCUT2D eigenvalue weighted by atomic mass is 10.1. The van der Waals surface area contributed by atoms with E-state index < -0.39 is 0 Å². The molecule has 1 amide bonds. The third-order valence-electron chi connectivity index (χ3n) is 3.74. The van der Waals surface area contributed by atoms with E-state index in [1.54, 1.807) is 6.20 Å². The number of likely N-dealkylation sites (tertiary alicyclic amines) is 1. The summed E-state index contributed by atoms with van der Waals surface area (Å²) >= 11 is 6.90. The number of carbonyl (C=O) groups excluding carboxylic acids is 1. The van der Waals surface area contributed by atoms with Crippen molar-refractivity contribution in [1.82, 2.24) is 9.88 Å². The first-order chi connectivity index (χ1) is 10.2. The summed E-state index contributed by atoms with van der Waals surface area (Å²) in [5.41, 5.74) is 1.81. The highest BCUT2D eigenvalue weighted by Crippen LogP contribution is 2.34. The van der Waals surface area contributed by atoms with Crippen molar-refractivity contribution in [1.29, 1.82) is 0 Å². The van der Waals surface area contributed by atoms with Crippen LogP contribution in [-0.2, 0) is 0 Å². The van der Waals surface area contributed by atoms with Gasteiger partial charge in [-0.3, -0.25) is 9.78 Å². The fourth-order valence-electron chi connectivity index (χ4n) is 2.75. The molecule has 0 aliphatic carbocycles. The average molecular weight is 410 g/mol. The molecule has 0 spiro atoms. The molecule has 1 aliphatic rings. The summed E-state index contributed by atoms with van der Waals surface area (Å²) in [4.78, 5) is 18.9. The molecule has 3 nitrogen and oxygen atoms in total. The molecule has 3 rings (SSSR count). The van der Waals surface area contributed by atoms with Crippen LogP contribution in [-0.4, -0.2) is 22.3 Å². The topological polar surface area (TPSA) is 33.2 Å². The van der Waals surface area contributed by atoms with E-state index in [0.717, 1.165) is 33.9 Å². The number of pyridine rings is 1. The molecule has 1 saturated heterocycles. The minimum atomic E-state index is 0.0701. The number of rotatable bonds is 2. The third-order valence-corrected chi connectivity index (χ3v) is 4.89. The smallest absolute Gasteiger partial charge is 0.255 e. The van der Waals surface area contributed by atoms with Gasteiger partial charge < -0.3 is 4.90 Å². The van der Waals surface area contributed by atoms with E-state index in [1.165, 1.54) is 0 Å². The van der Waals surface area contributed by atoms with E-state index in [9.17, 15) is 4.79 Å². The number of carbonyl (C=O) groups is 1. The van der Waals surface area contributed by atoms with Crippen molar-refractivity contribution in [3.8, 4) is 0 Å². The van der Waals surface area contributed by atoms with Crippen LogP contribution >= 0.6 is 31.9 Å². The lowest BCUT2D eigenvalue weighted by Gasteiger charge is -2.25. The molecule has 0 N–H and O–H groups in total. The van der Waals surface area contributed by atoms with Crippen LogP contribution in [0.1, 0.15) is 34.8 Å². The number of nitrogens with zero attached hydrogens (tertiary/aromatic N) is 2. The molecule has 5 heteroatoms. The molecular formula is C16H14Br2N2O. The Labute approximate surface area is 140 Å². The van der Waals surface area contributed by atoms with E-state index in [1.807, 2.05) is 41.4 Å². The zero-order valence-electron chi connectivity index (χ0n) is 11.3. The van der Waals surface area contributed by atoms with Gasteiger partial charge in [0.05, 0.1) is 11.6 Å². The Hall–Kier alpha value is -1.20. The second-order valence-electron chi connectivity index (χ2n) is 5.07. The molecule has 2 heterocycles. The largest absolute Gasteiger partial charge is 0.332 e. The zero-order chi connectivity index (χ0) is 14.8. The number of hydrogen-bond donors (Lipinski definition) is 0. The summed E-state index contributed by atoms with van der Waals surface area (Å²) in [7, 11) is 0. The van der Waals surface area contributed by atoms with Crippen LogP contribution in [0.15, 0.2) is 51.7 Å². The molecule has 108 valence electrons. The van der Waals surface area contributed by atoms with Gasteiger partial charge in [0.1, 0.15) is 0 Å². The van der Waals surface area contributed by atoms with Crippen molar-refractivity contribution in [3.63, 3.8) is 0 Å². The van der Waals surface area contributed by atoms with Gasteiger partial charge in [-0.2, -0.15) is 0 Å². The lowest BCUT2D eigenvalue weighted by molar-refractivity contribution is 0.0734. The Morgan fingerprint density at radius 3 is 2.86 bits per heavy atom. The quantitative estimate of drug-likeness (QED) is 0.726. The van der Waals surface area contributed by atoms with E-state index in [4.69, 9.17) is 0 Å². The normalized spacial score (nSPS) is 18.0. The lowest BCUT2D eigenvalue weighted by Crippen LogP contribution is -2.30. The number of benzene rings is 1. The van der Waals surface area contributed by atoms with Gasteiger partial charge in [0.15, 0.2) is 0 Å². The van der Waals surface area contributed by atoms with Gasteiger partial charge in [-0.25, -0.2) is 0 Å². The molecule has 1 unspecified atom stereocenters. The fraction of sp³-hybridized carbons (Fsp3) is 0.250. The van der Waals surface area contributed by atoms with Crippen LogP contribution in [0, 0.1) is 0 Å². The summed E-state index contributed by atoms with van der Waals surface area (Å²) < 4.78 is 1.77. The summed E-state index contributed by atoms with van der Waals surface area (Å²) in [6.07, 6.45) is 5.63. The standard InChI is InChI=1S/C16H14Br2N2O/c17-12-5-6-13(14(18)9-12)16(21)20-8-2-4-15(20)11-3-1-7-19-10-11/h1,3,5-7,9-10,15H,2,4,8H2. The maximum Gasteiger partial charge on any atom is 0.255 e. The minimum absolute atomic E-state index is 0.0701. The fourth-order valence-corrected chi connectivity index (χ4v) is 3.96. The molecule has 0 bridgehead atoms. The highest BCUT2D eigenvalue weighted by atomic mass is 79.9. The second-order valence-corrected chi connectivity index (χ2v) is 6.84. The van der Waals surface area contributed by atoms with Gasteiger partial charge in [0.25, 0.3) is 5.91 Å². The summed E-state index contributed by atoms with van der Waals surface area (Å²) in [6, 6.07) is 9.75. The highest BCUT2D eigenvalue weighted by molar-refractivity contribution is 9.11. The Morgan fingerprint density at radius 1 is 1.29 bits per heavy atom. The molecule has 0 radical (unpaired) electrons. The van der Waals surface area contributed by atoms with Gasteiger partial charge in [-0.15, -0.1) is 0 Å². The number of halogens is 2. The van der Waals surface area contributed by atoms with Gasteiger partial charge in [0.2, 0.25) is 0 Å². The van der Waals surface area contributed by atoms with E-state index in [-0.39, 0.29) is 11.9 Å². The monoisotopic (exact) mass is 408 g/mol. The van der Waals surface area contributed by atoms with Crippen LogP contribution in [0.25, 0.3) is 0 Å². The van der Waals surface area contributed by atoms with Gasteiger partial charge >= 0.3 is 0 Å². The summed E-state index contributed by atoms with van der Waals surface area (Å²) in [5, 5.41) is 0. The van der Waals surface area contributed by atoms with Gasteiger partial charge in [-0.05, 0) is 58.6 Å². The molecule has 1 atom stereocenters. The minimum Gasteiger partial charge on any atom is -0.332 e. The Kier molecular flexibility index (Phi) is 4.40. The van der Waals surface area contributed by atoms with E-state index in [0.29, 0.717) is 5.56 Å². The number of hydrogen-bond acceptors (Lipinski definition) is 2. The Bertz CT molecular complexity index is 661. The van der Waals surface area contributed by atoms with E-state index >= 15 is 0 Å². The molecule has 21 heavy (non-hydrogen) atoms. The van der Waals surface area contributed by atoms with Crippen molar-refractivity contribution < 1.29 is 4.79 Å². The van der Waals surface area contributed by atoms with E-state index in [2.05, 4.69) is 36.8 Å². The first-order valence-electron chi connectivity index (χ1n) is 6.83. The Morgan fingerprint density at radius 2 is 2.14 bits per heavy atom. The number of aromatic nitrogens is 1. The number of amides is 1. The van der Waals surface area contributed by atoms with Crippen molar-refractivity contribution in [3.05, 3.63) is 62.8 Å². The SMILES string of the molecule is O=C(c1ccc(Br)cc1Br)N1CCCC1c1cccnc1. The first-order valence-corrected chi connectivity index (χ1v) is 8.41. The third kappa shape index (κ3) is 3.04. The maximum absolute atomic E-state index is 12.8. The molecule has 1 fully saturated rings. The van der Waals surface area contributed by atoms with Crippen molar-refractivity contribution in [2.45, 2.75) is 18.9 Å². The second kappa shape index (κ2) is 6.28. The van der Waals surface area contributed by atoms with Gasteiger partial charge in [0, 0.05) is 27.9 Å². The summed E-state index contributed by atoms with van der Waals surface area (Å²) in [5.74, 6) is 0.0701. The van der Waals surface area contributed by atoms with Crippen LogP contribution in [0.5, 0.6) is 0 Å². The van der Waals surface area contributed by atoms with Crippen LogP contribution in [0.4, 0.5) is 0 Å². The van der Waals surface area contributed by atoms with Crippen molar-refractivity contribution in [2.75, 3.05) is 6.54 Å². The van der Waals surface area contributed by atoms with Crippen LogP contribution in [0.2, 0.25) is 0 Å². The molecule has 2 aromatic rings. The maximum atomic E-state index is 12.8. The molecule has 1 aliphatic heterocycles. The average Bonchev–Trinajstić information content (AvgIpc) is 2.97. The van der Waals surface area contributed by atoms with Crippen LogP contribution < -0.4 is 0 Å². The predicted molar refractivity (Wildman–Crippen MR) is 89.1 cm³/mol. The zero-order valence-corrected chi connectivity index (χ0v) is 14.5. The molecule has 0 saturated carbocycles. The Balaban J connectivity index is 1.90. The molecular weight excluding hydrogens is 396 g/mol. The van der Waals surface area contributed by atoms with Crippen molar-refractivity contribution in [2.24, 2.45) is 0 Å². The summed E-state index contributed by atoms with van der Waals surface area (Å²) in [6.45, 7) is 0.793. The highest BCUT2D eigenvalue weighted by Gasteiger charge is 2.31. The predicted octanol–water partition coefficient (Wildman–Crippen LogP) is 4.58. The van der Waals surface area contributed by atoms with Crippen LogP contribution in [0.3, 0.4) is 0 Å². The van der Waals surface area contributed by atoms with Crippen molar-refractivity contribution >= 4 is 37.8 Å². The van der Waals surface area contributed by atoms with Gasteiger partial charge in [-0.1, -0.05) is 22.0 Å². The first kappa shape index (κ1) is 14.7.